The van der Waals surface area contributed by atoms with Crippen molar-refractivity contribution in [3.63, 3.8) is 0 Å². The molecule has 0 aliphatic carbocycles. The monoisotopic (exact) mass is 400 g/mol. The van der Waals surface area contributed by atoms with E-state index in [1.807, 2.05) is 44.2 Å². The van der Waals surface area contributed by atoms with E-state index in [0.717, 1.165) is 12.0 Å². The second-order valence-corrected chi connectivity index (χ2v) is 7.04. The first kappa shape index (κ1) is 22.4. The van der Waals surface area contributed by atoms with Crippen LogP contribution in [0.4, 0.5) is 4.39 Å². The van der Waals surface area contributed by atoms with Crippen LogP contribution < -0.4 is 10.1 Å². The van der Waals surface area contributed by atoms with Gasteiger partial charge < -0.3 is 15.0 Å². The lowest BCUT2D eigenvalue weighted by Gasteiger charge is -2.29. The largest absolute Gasteiger partial charge is 0.481 e. The highest BCUT2D eigenvalue weighted by molar-refractivity contribution is 5.88. The van der Waals surface area contributed by atoms with Crippen molar-refractivity contribution >= 4 is 11.8 Å². The zero-order valence-corrected chi connectivity index (χ0v) is 17.2. The lowest BCUT2D eigenvalue weighted by Crippen LogP contribution is -2.51. The fourth-order valence-corrected chi connectivity index (χ4v) is 2.82. The van der Waals surface area contributed by atoms with Gasteiger partial charge in [-0.1, -0.05) is 49.4 Å². The number of carbonyl (C=O) groups is 2. The van der Waals surface area contributed by atoms with E-state index in [4.69, 9.17) is 4.74 Å². The lowest BCUT2D eigenvalue weighted by atomic mass is 10.1. The SMILES string of the molecule is CCC(C)NC(=O)C(C)N(CCc1ccccc1)C(=O)COc1ccccc1F. The third-order valence-electron chi connectivity index (χ3n) is 4.84. The second kappa shape index (κ2) is 11.2. The smallest absolute Gasteiger partial charge is 0.261 e. The first-order valence-electron chi connectivity index (χ1n) is 9.93. The Labute approximate surface area is 171 Å². The molecule has 0 spiro atoms. The molecule has 0 saturated carbocycles. The summed E-state index contributed by atoms with van der Waals surface area (Å²) in [6.07, 6.45) is 1.40. The predicted molar refractivity (Wildman–Crippen MR) is 111 cm³/mol. The Morgan fingerprint density at radius 2 is 1.72 bits per heavy atom. The second-order valence-electron chi connectivity index (χ2n) is 7.04. The highest BCUT2D eigenvalue weighted by Crippen LogP contribution is 2.16. The molecule has 2 rings (SSSR count). The quantitative estimate of drug-likeness (QED) is 0.663. The van der Waals surface area contributed by atoms with Gasteiger partial charge in [0.25, 0.3) is 5.91 Å². The fraction of sp³-hybridized carbons (Fsp3) is 0.391. The summed E-state index contributed by atoms with van der Waals surface area (Å²) < 4.78 is 19.1. The Morgan fingerprint density at radius 3 is 2.38 bits per heavy atom. The van der Waals surface area contributed by atoms with Gasteiger partial charge in [0.05, 0.1) is 0 Å². The molecule has 2 unspecified atom stereocenters. The molecule has 0 fully saturated rings. The van der Waals surface area contributed by atoms with Gasteiger partial charge in [-0.3, -0.25) is 9.59 Å². The first-order chi connectivity index (χ1) is 13.9. The Morgan fingerprint density at radius 1 is 1.07 bits per heavy atom. The van der Waals surface area contributed by atoms with E-state index < -0.39 is 11.9 Å². The van der Waals surface area contributed by atoms with Crippen LogP contribution >= 0.6 is 0 Å². The van der Waals surface area contributed by atoms with Gasteiger partial charge in [-0.05, 0) is 44.4 Å². The van der Waals surface area contributed by atoms with E-state index >= 15 is 0 Å². The van der Waals surface area contributed by atoms with Crippen LogP contribution in [0.3, 0.4) is 0 Å². The van der Waals surface area contributed by atoms with E-state index in [-0.39, 0.29) is 30.2 Å². The van der Waals surface area contributed by atoms with Crippen molar-refractivity contribution in [3.8, 4) is 5.75 Å². The molecule has 2 atom stereocenters. The highest BCUT2D eigenvalue weighted by Gasteiger charge is 2.26. The summed E-state index contributed by atoms with van der Waals surface area (Å²) in [5, 5.41) is 2.91. The fourth-order valence-electron chi connectivity index (χ4n) is 2.82. The minimum Gasteiger partial charge on any atom is -0.481 e. The van der Waals surface area contributed by atoms with E-state index in [1.165, 1.54) is 17.0 Å². The van der Waals surface area contributed by atoms with E-state index in [9.17, 15) is 14.0 Å². The number of hydrogen-bond acceptors (Lipinski definition) is 3. The molecule has 0 aliphatic rings. The average molecular weight is 400 g/mol. The van der Waals surface area contributed by atoms with Gasteiger partial charge in [-0.25, -0.2) is 4.39 Å². The molecule has 2 amide bonds. The lowest BCUT2D eigenvalue weighted by molar-refractivity contribution is -0.141. The van der Waals surface area contributed by atoms with Crippen LogP contribution in [-0.2, 0) is 16.0 Å². The van der Waals surface area contributed by atoms with Gasteiger partial charge in [-0.2, -0.15) is 0 Å². The molecule has 6 heteroatoms. The van der Waals surface area contributed by atoms with E-state index in [2.05, 4.69) is 5.32 Å². The number of halogens is 1. The normalized spacial score (nSPS) is 12.7. The van der Waals surface area contributed by atoms with Gasteiger partial charge in [0, 0.05) is 12.6 Å². The van der Waals surface area contributed by atoms with Crippen molar-refractivity contribution in [3.05, 3.63) is 66.0 Å². The number of carbonyl (C=O) groups excluding carboxylic acids is 2. The summed E-state index contributed by atoms with van der Waals surface area (Å²) >= 11 is 0. The molecule has 0 saturated heterocycles. The molecule has 156 valence electrons. The topological polar surface area (TPSA) is 58.6 Å². The number of amides is 2. The molecule has 2 aromatic carbocycles. The maximum Gasteiger partial charge on any atom is 0.261 e. The standard InChI is InChI=1S/C23H29FN2O3/c1-4-17(2)25-23(28)18(3)26(15-14-19-10-6-5-7-11-19)22(27)16-29-21-13-9-8-12-20(21)24/h5-13,17-18H,4,14-16H2,1-3H3,(H,25,28). The Balaban J connectivity index is 2.08. The molecule has 0 radical (unpaired) electrons. The summed E-state index contributed by atoms with van der Waals surface area (Å²) in [4.78, 5) is 26.9. The van der Waals surface area contributed by atoms with Gasteiger partial charge in [0.1, 0.15) is 6.04 Å². The van der Waals surface area contributed by atoms with Crippen molar-refractivity contribution in [2.24, 2.45) is 0 Å². The zero-order valence-electron chi connectivity index (χ0n) is 17.2. The Kier molecular flexibility index (Phi) is 8.65. The van der Waals surface area contributed by atoms with Crippen LogP contribution in [0, 0.1) is 5.82 Å². The molecule has 0 heterocycles. The summed E-state index contributed by atoms with van der Waals surface area (Å²) in [5.74, 6) is -1.10. The zero-order chi connectivity index (χ0) is 21.2. The van der Waals surface area contributed by atoms with Crippen LogP contribution in [0.5, 0.6) is 5.75 Å². The van der Waals surface area contributed by atoms with E-state index in [1.54, 1.807) is 19.1 Å². The minimum absolute atomic E-state index is 0.0144. The average Bonchev–Trinajstić information content (AvgIpc) is 2.73. The molecule has 0 aliphatic heterocycles. The molecule has 1 N–H and O–H groups in total. The number of para-hydroxylation sites is 1. The number of benzene rings is 2. The molecule has 29 heavy (non-hydrogen) atoms. The summed E-state index contributed by atoms with van der Waals surface area (Å²) in [7, 11) is 0. The van der Waals surface area contributed by atoms with Crippen LogP contribution in [0.15, 0.2) is 54.6 Å². The summed E-state index contributed by atoms with van der Waals surface area (Å²) in [6, 6.07) is 15.0. The highest BCUT2D eigenvalue weighted by atomic mass is 19.1. The molecular weight excluding hydrogens is 371 g/mol. The molecule has 0 bridgehead atoms. The first-order valence-corrected chi connectivity index (χ1v) is 9.93. The van der Waals surface area contributed by atoms with E-state index in [0.29, 0.717) is 13.0 Å². The number of rotatable bonds is 10. The number of ether oxygens (including phenoxy) is 1. The van der Waals surface area contributed by atoms with Gasteiger partial charge in [0.2, 0.25) is 5.91 Å². The van der Waals surface area contributed by atoms with Crippen LogP contribution in [0.25, 0.3) is 0 Å². The molecular formula is C23H29FN2O3. The molecule has 2 aromatic rings. The number of hydrogen-bond donors (Lipinski definition) is 1. The number of nitrogens with zero attached hydrogens (tertiary/aromatic N) is 1. The number of nitrogens with one attached hydrogen (secondary N) is 1. The van der Waals surface area contributed by atoms with Crippen molar-refractivity contribution in [1.82, 2.24) is 10.2 Å². The van der Waals surface area contributed by atoms with Crippen molar-refractivity contribution in [2.45, 2.75) is 45.7 Å². The van der Waals surface area contributed by atoms with Crippen LogP contribution in [0.1, 0.15) is 32.8 Å². The third-order valence-corrected chi connectivity index (χ3v) is 4.84. The summed E-state index contributed by atoms with van der Waals surface area (Å²) in [5.41, 5.74) is 1.06. The maximum atomic E-state index is 13.8. The Bertz CT molecular complexity index is 798. The van der Waals surface area contributed by atoms with Crippen molar-refractivity contribution in [1.29, 1.82) is 0 Å². The van der Waals surface area contributed by atoms with Gasteiger partial charge in [0.15, 0.2) is 18.2 Å². The van der Waals surface area contributed by atoms with Crippen LogP contribution in [-0.4, -0.2) is 41.9 Å². The van der Waals surface area contributed by atoms with Crippen molar-refractivity contribution < 1.29 is 18.7 Å². The summed E-state index contributed by atoms with van der Waals surface area (Å²) in [6.45, 7) is 5.62. The van der Waals surface area contributed by atoms with Crippen LogP contribution in [0.2, 0.25) is 0 Å². The minimum atomic E-state index is -0.663. The molecule has 0 aromatic heterocycles. The third kappa shape index (κ3) is 6.89. The van der Waals surface area contributed by atoms with Gasteiger partial charge in [-0.15, -0.1) is 0 Å². The van der Waals surface area contributed by atoms with Crippen molar-refractivity contribution in [2.75, 3.05) is 13.2 Å². The van der Waals surface area contributed by atoms with Gasteiger partial charge >= 0.3 is 0 Å². The predicted octanol–water partition coefficient (Wildman–Crippen LogP) is 3.58. The molecule has 5 nitrogen and oxygen atoms in total. The Hall–Kier alpha value is -2.89. The maximum absolute atomic E-state index is 13.8.